The number of unbranched alkanes of at least 4 members (excludes halogenated alkanes) is 1. The fraction of sp³-hybridized carbons (Fsp3) is 0.500. The second kappa shape index (κ2) is 6.61. The Hall–Kier alpha value is -0.930. The molecule has 0 atom stereocenters. The summed E-state index contributed by atoms with van der Waals surface area (Å²) >= 11 is 6.01. The van der Waals surface area contributed by atoms with Crippen LogP contribution in [0.25, 0.3) is 0 Å². The number of hydrogen-bond acceptors (Lipinski definition) is 3. The number of anilines is 1. The lowest BCUT2D eigenvalue weighted by molar-refractivity contribution is 0.286. The van der Waals surface area contributed by atoms with Crippen molar-refractivity contribution in [3.05, 3.63) is 22.7 Å². The molecule has 0 fully saturated rings. The molecule has 1 aromatic rings. The normalized spacial score (nSPS) is 10.2. The lowest BCUT2D eigenvalue weighted by atomic mass is 10.2. The summed E-state index contributed by atoms with van der Waals surface area (Å²) in [5.74, 6) is 0.750. The van der Waals surface area contributed by atoms with E-state index in [4.69, 9.17) is 21.4 Å². The second-order valence-electron chi connectivity index (χ2n) is 3.66. The van der Waals surface area contributed by atoms with Crippen LogP contribution in [0.5, 0.6) is 5.75 Å². The first kappa shape index (κ1) is 13.1. The van der Waals surface area contributed by atoms with Crippen molar-refractivity contribution in [3.8, 4) is 5.75 Å². The Morgan fingerprint density at radius 2 is 2.12 bits per heavy atom. The van der Waals surface area contributed by atoms with E-state index in [9.17, 15) is 0 Å². The molecule has 4 heteroatoms. The molecule has 2 N–H and O–H groups in total. The van der Waals surface area contributed by atoms with Crippen molar-refractivity contribution in [1.82, 2.24) is 0 Å². The van der Waals surface area contributed by atoms with Crippen molar-refractivity contribution in [2.75, 3.05) is 25.6 Å². The average Bonchev–Trinajstić information content (AvgIpc) is 2.28. The van der Waals surface area contributed by atoms with E-state index in [1.165, 1.54) is 0 Å². The molecule has 0 unspecified atom stereocenters. The van der Waals surface area contributed by atoms with E-state index in [-0.39, 0.29) is 6.61 Å². The average molecular weight is 244 g/mol. The molecule has 3 nitrogen and oxygen atoms in total. The third kappa shape index (κ3) is 3.58. The van der Waals surface area contributed by atoms with E-state index in [2.05, 4.69) is 5.32 Å². The zero-order valence-corrected chi connectivity index (χ0v) is 10.5. The van der Waals surface area contributed by atoms with Gasteiger partial charge in [-0.05, 0) is 31.4 Å². The largest absolute Gasteiger partial charge is 0.495 e. The monoisotopic (exact) mass is 243 g/mol. The molecule has 90 valence electrons. The minimum atomic E-state index is 0.235. The van der Waals surface area contributed by atoms with Gasteiger partial charge in [-0.2, -0.15) is 0 Å². The number of hydrogen-bond donors (Lipinski definition) is 2. The van der Waals surface area contributed by atoms with Crippen LogP contribution >= 0.6 is 11.6 Å². The van der Waals surface area contributed by atoms with Gasteiger partial charge in [-0.1, -0.05) is 11.6 Å². The highest BCUT2D eigenvalue weighted by Crippen LogP contribution is 2.30. The molecule has 0 spiro atoms. The van der Waals surface area contributed by atoms with Crippen LogP contribution in [-0.4, -0.2) is 25.4 Å². The van der Waals surface area contributed by atoms with Crippen molar-refractivity contribution in [2.45, 2.75) is 19.8 Å². The van der Waals surface area contributed by atoms with Crippen molar-refractivity contribution in [1.29, 1.82) is 0 Å². The topological polar surface area (TPSA) is 41.5 Å². The SMILES string of the molecule is COc1cc(Cl)c(C)cc1NCCCCO. The van der Waals surface area contributed by atoms with E-state index in [1.54, 1.807) is 7.11 Å². The lowest BCUT2D eigenvalue weighted by Gasteiger charge is -2.12. The molecule has 0 aliphatic heterocycles. The molecule has 0 aliphatic carbocycles. The summed E-state index contributed by atoms with van der Waals surface area (Å²) in [5.41, 5.74) is 1.97. The van der Waals surface area contributed by atoms with E-state index in [1.807, 2.05) is 19.1 Å². The number of ether oxygens (including phenoxy) is 1. The van der Waals surface area contributed by atoms with Gasteiger partial charge in [-0.3, -0.25) is 0 Å². The van der Waals surface area contributed by atoms with E-state index >= 15 is 0 Å². The van der Waals surface area contributed by atoms with Gasteiger partial charge in [0.25, 0.3) is 0 Å². The van der Waals surface area contributed by atoms with Crippen LogP contribution in [0.1, 0.15) is 18.4 Å². The summed E-state index contributed by atoms with van der Waals surface area (Å²) in [6, 6.07) is 3.78. The highest BCUT2D eigenvalue weighted by molar-refractivity contribution is 6.31. The van der Waals surface area contributed by atoms with Crippen LogP contribution in [0, 0.1) is 6.92 Å². The summed E-state index contributed by atoms with van der Waals surface area (Å²) in [4.78, 5) is 0. The van der Waals surface area contributed by atoms with Crippen molar-refractivity contribution >= 4 is 17.3 Å². The molecule has 0 aliphatic rings. The molecular weight excluding hydrogens is 226 g/mol. The van der Waals surface area contributed by atoms with Gasteiger partial charge >= 0.3 is 0 Å². The first-order chi connectivity index (χ1) is 7.69. The molecule has 0 radical (unpaired) electrons. The van der Waals surface area contributed by atoms with Gasteiger partial charge in [0, 0.05) is 24.2 Å². The number of methoxy groups -OCH3 is 1. The number of aliphatic hydroxyl groups is 1. The molecule has 0 heterocycles. The first-order valence-corrected chi connectivity index (χ1v) is 5.75. The molecule has 0 saturated carbocycles. The smallest absolute Gasteiger partial charge is 0.143 e. The van der Waals surface area contributed by atoms with Gasteiger partial charge in [0.2, 0.25) is 0 Å². The standard InChI is InChI=1S/C12H18ClNO2/c1-9-7-11(14-5-3-4-6-15)12(16-2)8-10(9)13/h7-8,14-15H,3-6H2,1-2H3. The minimum Gasteiger partial charge on any atom is -0.495 e. The van der Waals surface area contributed by atoms with Crippen LogP contribution in [0.2, 0.25) is 5.02 Å². The van der Waals surface area contributed by atoms with Crippen molar-refractivity contribution < 1.29 is 9.84 Å². The summed E-state index contributed by atoms with van der Waals surface area (Å²) in [6.45, 7) is 3.01. The molecule has 0 bridgehead atoms. The molecule has 16 heavy (non-hydrogen) atoms. The third-order valence-corrected chi connectivity index (χ3v) is 2.79. The van der Waals surface area contributed by atoms with Crippen molar-refractivity contribution in [2.24, 2.45) is 0 Å². The summed E-state index contributed by atoms with van der Waals surface area (Å²) in [6.07, 6.45) is 1.74. The zero-order chi connectivity index (χ0) is 12.0. The fourth-order valence-electron chi connectivity index (χ4n) is 1.43. The molecule has 1 aromatic carbocycles. The third-order valence-electron chi connectivity index (χ3n) is 2.38. The number of rotatable bonds is 6. The lowest BCUT2D eigenvalue weighted by Crippen LogP contribution is -2.04. The first-order valence-electron chi connectivity index (χ1n) is 5.38. The Balaban J connectivity index is 2.66. The number of aryl methyl sites for hydroxylation is 1. The van der Waals surface area contributed by atoms with Gasteiger partial charge in [-0.15, -0.1) is 0 Å². The molecule has 0 amide bonds. The Labute approximate surface area is 101 Å². The van der Waals surface area contributed by atoms with Crippen LogP contribution in [-0.2, 0) is 0 Å². The number of halogens is 1. The highest BCUT2D eigenvalue weighted by atomic mass is 35.5. The van der Waals surface area contributed by atoms with Crippen LogP contribution < -0.4 is 10.1 Å². The molecular formula is C12H18ClNO2. The van der Waals surface area contributed by atoms with E-state index in [0.717, 1.165) is 36.4 Å². The Kier molecular flexibility index (Phi) is 5.43. The fourth-order valence-corrected chi connectivity index (χ4v) is 1.58. The molecule has 1 rings (SSSR count). The predicted octanol–water partition coefficient (Wildman–Crippen LogP) is 2.84. The van der Waals surface area contributed by atoms with Gasteiger partial charge in [0.05, 0.1) is 12.8 Å². The predicted molar refractivity (Wildman–Crippen MR) is 67.6 cm³/mol. The molecule has 0 aromatic heterocycles. The quantitative estimate of drug-likeness (QED) is 0.755. The maximum absolute atomic E-state index is 8.67. The maximum atomic E-state index is 8.67. The summed E-state index contributed by atoms with van der Waals surface area (Å²) in [7, 11) is 1.62. The van der Waals surface area contributed by atoms with Gasteiger partial charge in [-0.25, -0.2) is 0 Å². The van der Waals surface area contributed by atoms with Gasteiger partial charge in [0.15, 0.2) is 0 Å². The second-order valence-corrected chi connectivity index (χ2v) is 4.07. The van der Waals surface area contributed by atoms with Crippen molar-refractivity contribution in [3.63, 3.8) is 0 Å². The van der Waals surface area contributed by atoms with Crippen LogP contribution in [0.15, 0.2) is 12.1 Å². The number of benzene rings is 1. The van der Waals surface area contributed by atoms with Crippen LogP contribution in [0.3, 0.4) is 0 Å². The summed E-state index contributed by atoms with van der Waals surface area (Å²) in [5, 5.41) is 12.7. The number of aliphatic hydroxyl groups excluding tert-OH is 1. The maximum Gasteiger partial charge on any atom is 0.143 e. The Bertz CT molecular complexity index is 342. The van der Waals surface area contributed by atoms with Gasteiger partial charge < -0.3 is 15.2 Å². The number of nitrogens with one attached hydrogen (secondary N) is 1. The Morgan fingerprint density at radius 1 is 1.38 bits per heavy atom. The summed E-state index contributed by atoms with van der Waals surface area (Å²) < 4.78 is 5.24. The van der Waals surface area contributed by atoms with E-state index < -0.39 is 0 Å². The van der Waals surface area contributed by atoms with Crippen LogP contribution in [0.4, 0.5) is 5.69 Å². The van der Waals surface area contributed by atoms with E-state index in [0.29, 0.717) is 5.02 Å². The molecule has 0 saturated heterocycles. The Morgan fingerprint density at radius 3 is 2.75 bits per heavy atom. The highest BCUT2D eigenvalue weighted by Gasteiger charge is 2.05. The zero-order valence-electron chi connectivity index (χ0n) is 9.72. The minimum absolute atomic E-state index is 0.235. The van der Waals surface area contributed by atoms with Gasteiger partial charge in [0.1, 0.15) is 5.75 Å².